The predicted molar refractivity (Wildman–Crippen MR) is 109 cm³/mol. The van der Waals surface area contributed by atoms with Crippen LogP contribution in [-0.2, 0) is 22.6 Å². The van der Waals surface area contributed by atoms with Gasteiger partial charge in [0.15, 0.2) is 0 Å². The van der Waals surface area contributed by atoms with Crippen LogP contribution in [0.1, 0.15) is 43.9 Å². The fourth-order valence-corrected chi connectivity index (χ4v) is 2.93. The second-order valence-electron chi connectivity index (χ2n) is 7.21. The van der Waals surface area contributed by atoms with Crippen molar-refractivity contribution in [2.24, 2.45) is 0 Å². The fourth-order valence-electron chi connectivity index (χ4n) is 2.93. The Labute approximate surface area is 166 Å². The lowest BCUT2D eigenvalue weighted by atomic mass is 10.0. The molecule has 5 heteroatoms. The highest BCUT2D eigenvalue weighted by Crippen LogP contribution is 2.16. The molecule has 0 saturated carbocycles. The van der Waals surface area contributed by atoms with E-state index in [4.69, 9.17) is 0 Å². The highest BCUT2D eigenvalue weighted by molar-refractivity contribution is 5.88. The molecule has 0 bridgehead atoms. The molecule has 0 fully saturated rings. The Morgan fingerprint density at radius 1 is 1.04 bits per heavy atom. The second kappa shape index (κ2) is 10.0. The Kier molecular flexibility index (Phi) is 7.73. The molecule has 0 aliphatic carbocycles. The lowest BCUT2D eigenvalue weighted by Crippen LogP contribution is -2.50. The summed E-state index contributed by atoms with van der Waals surface area (Å²) in [6.45, 7) is 7.58. The number of halogens is 1. The van der Waals surface area contributed by atoms with Crippen molar-refractivity contribution in [3.63, 3.8) is 0 Å². The van der Waals surface area contributed by atoms with Crippen LogP contribution >= 0.6 is 0 Å². The summed E-state index contributed by atoms with van der Waals surface area (Å²) in [6.07, 6.45) is 0.963. The zero-order valence-electron chi connectivity index (χ0n) is 17.0. The van der Waals surface area contributed by atoms with Gasteiger partial charge in [-0.05, 0) is 44.4 Å². The van der Waals surface area contributed by atoms with Crippen LogP contribution < -0.4 is 5.32 Å². The number of hydrogen-bond acceptors (Lipinski definition) is 2. The van der Waals surface area contributed by atoms with Gasteiger partial charge in [0.1, 0.15) is 11.9 Å². The zero-order valence-corrected chi connectivity index (χ0v) is 17.0. The average molecular weight is 384 g/mol. The highest BCUT2D eigenvalue weighted by atomic mass is 19.1. The SMILES string of the molecule is CC[C@H](C)NC(=O)[C@@H](C)N(Cc1ccccc1F)C(=O)Cc1ccccc1C. The number of nitrogens with zero attached hydrogens (tertiary/aromatic N) is 1. The monoisotopic (exact) mass is 384 g/mol. The molecular weight excluding hydrogens is 355 g/mol. The molecule has 0 aromatic heterocycles. The first kappa shape index (κ1) is 21.6. The Balaban J connectivity index is 2.26. The summed E-state index contributed by atoms with van der Waals surface area (Å²) >= 11 is 0. The molecule has 2 atom stereocenters. The molecule has 0 saturated heterocycles. The van der Waals surface area contributed by atoms with E-state index in [1.807, 2.05) is 45.0 Å². The first-order valence-electron chi connectivity index (χ1n) is 9.71. The minimum absolute atomic E-state index is 0.0109. The van der Waals surface area contributed by atoms with Crippen LogP contribution in [0.2, 0.25) is 0 Å². The van der Waals surface area contributed by atoms with E-state index >= 15 is 0 Å². The van der Waals surface area contributed by atoms with Gasteiger partial charge in [-0.2, -0.15) is 0 Å². The molecule has 0 aliphatic heterocycles. The zero-order chi connectivity index (χ0) is 20.7. The number of aryl methyl sites for hydroxylation is 1. The number of carbonyl (C=O) groups is 2. The summed E-state index contributed by atoms with van der Waals surface area (Å²) in [6, 6.07) is 13.3. The molecule has 4 nitrogen and oxygen atoms in total. The maximum absolute atomic E-state index is 14.2. The molecule has 150 valence electrons. The Morgan fingerprint density at radius 2 is 1.64 bits per heavy atom. The standard InChI is InChI=1S/C23H29FN2O2/c1-5-17(3)25-23(28)18(4)26(15-20-12-8-9-13-21(20)24)22(27)14-19-11-7-6-10-16(19)2/h6-13,17-18H,5,14-15H2,1-4H3,(H,25,28)/t17-,18+/m0/s1. The van der Waals surface area contributed by atoms with Gasteiger partial charge in [-0.1, -0.05) is 49.4 Å². The lowest BCUT2D eigenvalue weighted by molar-refractivity contribution is -0.140. The molecular formula is C23H29FN2O2. The first-order valence-corrected chi connectivity index (χ1v) is 9.71. The van der Waals surface area contributed by atoms with Crippen LogP contribution in [0.4, 0.5) is 4.39 Å². The van der Waals surface area contributed by atoms with Crippen molar-refractivity contribution in [1.29, 1.82) is 0 Å². The molecule has 2 amide bonds. The van der Waals surface area contributed by atoms with Gasteiger partial charge in [-0.15, -0.1) is 0 Å². The molecule has 28 heavy (non-hydrogen) atoms. The van der Waals surface area contributed by atoms with Crippen LogP contribution in [0.5, 0.6) is 0 Å². The van der Waals surface area contributed by atoms with Gasteiger partial charge in [0.05, 0.1) is 6.42 Å². The van der Waals surface area contributed by atoms with Gasteiger partial charge >= 0.3 is 0 Å². The summed E-state index contributed by atoms with van der Waals surface area (Å²) in [7, 11) is 0. The summed E-state index contributed by atoms with van der Waals surface area (Å²) in [5.41, 5.74) is 2.31. The lowest BCUT2D eigenvalue weighted by Gasteiger charge is -2.30. The molecule has 0 spiro atoms. The van der Waals surface area contributed by atoms with Crippen LogP contribution in [0.3, 0.4) is 0 Å². The van der Waals surface area contributed by atoms with E-state index in [1.165, 1.54) is 11.0 Å². The largest absolute Gasteiger partial charge is 0.352 e. The van der Waals surface area contributed by atoms with E-state index in [0.717, 1.165) is 17.5 Å². The molecule has 2 aromatic rings. The van der Waals surface area contributed by atoms with E-state index in [1.54, 1.807) is 25.1 Å². The Bertz CT molecular complexity index is 822. The highest BCUT2D eigenvalue weighted by Gasteiger charge is 2.27. The van der Waals surface area contributed by atoms with Gasteiger partial charge in [-0.25, -0.2) is 4.39 Å². The number of benzene rings is 2. The third kappa shape index (κ3) is 5.65. The molecule has 0 heterocycles. The Morgan fingerprint density at radius 3 is 2.25 bits per heavy atom. The first-order chi connectivity index (χ1) is 13.3. The maximum atomic E-state index is 14.2. The number of rotatable bonds is 8. The minimum Gasteiger partial charge on any atom is -0.352 e. The smallest absolute Gasteiger partial charge is 0.242 e. The van der Waals surface area contributed by atoms with E-state index in [9.17, 15) is 14.0 Å². The van der Waals surface area contributed by atoms with Gasteiger partial charge < -0.3 is 10.2 Å². The van der Waals surface area contributed by atoms with Crippen LogP contribution in [0.15, 0.2) is 48.5 Å². The molecule has 1 N–H and O–H groups in total. The van der Waals surface area contributed by atoms with Crippen molar-refractivity contribution < 1.29 is 14.0 Å². The van der Waals surface area contributed by atoms with Gasteiger partial charge in [0, 0.05) is 18.2 Å². The average Bonchev–Trinajstić information content (AvgIpc) is 2.68. The molecule has 2 rings (SSSR count). The third-order valence-corrected chi connectivity index (χ3v) is 5.07. The van der Waals surface area contributed by atoms with Crippen molar-refractivity contribution in [3.05, 3.63) is 71.0 Å². The molecule has 0 unspecified atom stereocenters. The van der Waals surface area contributed by atoms with Crippen molar-refractivity contribution in [1.82, 2.24) is 10.2 Å². The maximum Gasteiger partial charge on any atom is 0.242 e. The molecule has 0 radical (unpaired) electrons. The minimum atomic E-state index is -0.704. The third-order valence-electron chi connectivity index (χ3n) is 5.07. The topological polar surface area (TPSA) is 49.4 Å². The number of nitrogens with one attached hydrogen (secondary N) is 1. The van der Waals surface area contributed by atoms with Crippen molar-refractivity contribution >= 4 is 11.8 Å². The summed E-state index contributed by atoms with van der Waals surface area (Å²) in [5.74, 6) is -0.820. The quantitative estimate of drug-likeness (QED) is 0.748. The van der Waals surface area contributed by atoms with Crippen LogP contribution in [-0.4, -0.2) is 28.8 Å². The number of amides is 2. The van der Waals surface area contributed by atoms with E-state index < -0.39 is 6.04 Å². The summed E-state index contributed by atoms with van der Waals surface area (Å²) in [4.78, 5) is 27.2. The van der Waals surface area contributed by atoms with Crippen LogP contribution in [0, 0.1) is 12.7 Å². The van der Waals surface area contributed by atoms with Gasteiger partial charge in [-0.3, -0.25) is 9.59 Å². The van der Waals surface area contributed by atoms with E-state index in [2.05, 4.69) is 5.32 Å². The number of hydrogen-bond donors (Lipinski definition) is 1. The van der Waals surface area contributed by atoms with Crippen molar-refractivity contribution in [3.8, 4) is 0 Å². The Hall–Kier alpha value is -2.69. The molecule has 2 aromatic carbocycles. The van der Waals surface area contributed by atoms with Crippen LogP contribution in [0.25, 0.3) is 0 Å². The van der Waals surface area contributed by atoms with E-state index in [0.29, 0.717) is 5.56 Å². The van der Waals surface area contributed by atoms with Gasteiger partial charge in [0.2, 0.25) is 11.8 Å². The summed E-state index contributed by atoms with van der Waals surface area (Å²) < 4.78 is 14.2. The predicted octanol–water partition coefficient (Wildman–Crippen LogP) is 4.01. The van der Waals surface area contributed by atoms with Gasteiger partial charge in [0.25, 0.3) is 0 Å². The van der Waals surface area contributed by atoms with E-state index in [-0.39, 0.29) is 36.6 Å². The van der Waals surface area contributed by atoms with Crippen molar-refractivity contribution in [2.75, 3.05) is 0 Å². The normalized spacial score (nSPS) is 12.9. The number of carbonyl (C=O) groups excluding carboxylic acids is 2. The molecule has 0 aliphatic rings. The second-order valence-corrected chi connectivity index (χ2v) is 7.21. The summed E-state index contributed by atoms with van der Waals surface area (Å²) in [5, 5.41) is 2.91. The van der Waals surface area contributed by atoms with Crippen molar-refractivity contribution in [2.45, 2.75) is 59.2 Å². The fraction of sp³-hybridized carbons (Fsp3) is 0.391.